The fourth-order valence-electron chi connectivity index (χ4n) is 1.20. The summed E-state index contributed by atoms with van der Waals surface area (Å²) in [7, 11) is 0. The van der Waals surface area contributed by atoms with Crippen LogP contribution in [0.25, 0.3) is 0 Å². The van der Waals surface area contributed by atoms with Crippen LogP contribution in [0.15, 0.2) is 0 Å². The van der Waals surface area contributed by atoms with Crippen LogP contribution in [-0.4, -0.2) is 29.2 Å². The van der Waals surface area contributed by atoms with Gasteiger partial charge in [-0.15, -0.1) is 0 Å². The Kier molecular flexibility index (Phi) is 1.82. The molecule has 11 heavy (non-hydrogen) atoms. The molecule has 0 aromatic heterocycles. The van der Waals surface area contributed by atoms with Gasteiger partial charge in [-0.3, -0.25) is 0 Å². The lowest BCUT2D eigenvalue weighted by Crippen LogP contribution is -2.33. The third-order valence-corrected chi connectivity index (χ3v) is 1.77. The number of rotatable bonds is 1. The van der Waals surface area contributed by atoms with Crippen molar-refractivity contribution in [1.29, 1.82) is 0 Å². The zero-order valence-corrected chi connectivity index (χ0v) is 7.55. The molecule has 0 aromatic rings. The van der Waals surface area contributed by atoms with Gasteiger partial charge in [-0.25, -0.2) is 4.79 Å². The van der Waals surface area contributed by atoms with E-state index in [4.69, 9.17) is 4.74 Å². The van der Waals surface area contributed by atoms with Gasteiger partial charge >= 0.3 is 6.09 Å². The number of cyclic esters (lactones) is 1. The summed E-state index contributed by atoms with van der Waals surface area (Å²) >= 11 is 0. The largest absolute Gasteiger partial charge is 0.441 e. The first-order chi connectivity index (χ1) is 4.92. The van der Waals surface area contributed by atoms with E-state index in [1.807, 2.05) is 27.7 Å². The van der Waals surface area contributed by atoms with Crippen LogP contribution in [0.2, 0.25) is 0 Å². The minimum Gasteiger partial charge on any atom is -0.441 e. The van der Waals surface area contributed by atoms with Gasteiger partial charge in [-0.05, 0) is 27.7 Å². The molecule has 1 heterocycles. The lowest BCUT2D eigenvalue weighted by molar-refractivity contribution is 0.0856. The normalized spacial score (nSPS) is 22.6. The van der Waals surface area contributed by atoms with Gasteiger partial charge in [0.25, 0.3) is 0 Å². The Bertz CT molecular complexity index is 175. The summed E-state index contributed by atoms with van der Waals surface area (Å²) in [6.07, 6.45) is -0.190. The monoisotopic (exact) mass is 157 g/mol. The second-order valence-electron chi connectivity index (χ2n) is 3.85. The minimum atomic E-state index is -0.304. The Labute approximate surface area is 67.3 Å². The SMILES string of the molecule is CC(C)N1CC(C)(C)OC1=O. The van der Waals surface area contributed by atoms with E-state index < -0.39 is 0 Å². The number of carbonyl (C=O) groups excluding carboxylic acids is 1. The van der Waals surface area contributed by atoms with Gasteiger partial charge < -0.3 is 9.64 Å². The van der Waals surface area contributed by atoms with E-state index in [9.17, 15) is 4.79 Å². The maximum Gasteiger partial charge on any atom is 0.410 e. The van der Waals surface area contributed by atoms with Crippen molar-refractivity contribution in [3.63, 3.8) is 0 Å². The molecule has 0 N–H and O–H groups in total. The molecule has 1 rings (SSSR count). The molecule has 0 saturated carbocycles. The summed E-state index contributed by atoms with van der Waals surface area (Å²) in [5.74, 6) is 0. The van der Waals surface area contributed by atoms with Crippen molar-refractivity contribution in [3.05, 3.63) is 0 Å². The third kappa shape index (κ3) is 1.64. The number of carbonyl (C=O) groups is 1. The highest BCUT2D eigenvalue weighted by Gasteiger charge is 2.38. The van der Waals surface area contributed by atoms with Crippen LogP contribution in [0.4, 0.5) is 4.79 Å². The molecular weight excluding hydrogens is 142 g/mol. The van der Waals surface area contributed by atoms with Crippen LogP contribution in [0.1, 0.15) is 27.7 Å². The van der Waals surface area contributed by atoms with E-state index in [-0.39, 0.29) is 17.7 Å². The van der Waals surface area contributed by atoms with Crippen molar-refractivity contribution in [2.45, 2.75) is 39.3 Å². The van der Waals surface area contributed by atoms with Crippen LogP contribution in [0.3, 0.4) is 0 Å². The van der Waals surface area contributed by atoms with Gasteiger partial charge in [-0.2, -0.15) is 0 Å². The lowest BCUT2D eigenvalue weighted by Gasteiger charge is -2.18. The maximum absolute atomic E-state index is 11.1. The molecule has 0 radical (unpaired) electrons. The molecule has 0 bridgehead atoms. The van der Waals surface area contributed by atoms with E-state index in [0.29, 0.717) is 6.54 Å². The van der Waals surface area contributed by atoms with Gasteiger partial charge in [0, 0.05) is 6.04 Å². The molecular formula is C8H15NO2. The van der Waals surface area contributed by atoms with Crippen molar-refractivity contribution < 1.29 is 9.53 Å². The van der Waals surface area contributed by atoms with Crippen molar-refractivity contribution >= 4 is 6.09 Å². The molecule has 1 amide bonds. The molecule has 1 saturated heterocycles. The summed E-state index contributed by atoms with van der Waals surface area (Å²) in [6.45, 7) is 8.52. The van der Waals surface area contributed by atoms with E-state index in [0.717, 1.165) is 0 Å². The van der Waals surface area contributed by atoms with E-state index >= 15 is 0 Å². The molecule has 3 heteroatoms. The average molecular weight is 157 g/mol. The second kappa shape index (κ2) is 2.40. The van der Waals surface area contributed by atoms with Crippen LogP contribution in [0, 0.1) is 0 Å². The van der Waals surface area contributed by atoms with Gasteiger partial charge in [0.2, 0.25) is 0 Å². The van der Waals surface area contributed by atoms with Crippen molar-refractivity contribution in [3.8, 4) is 0 Å². The zero-order valence-electron chi connectivity index (χ0n) is 7.55. The average Bonchev–Trinajstić information content (AvgIpc) is 2.05. The maximum atomic E-state index is 11.1. The molecule has 0 aromatic carbocycles. The summed E-state index contributed by atoms with van der Waals surface area (Å²) in [5.41, 5.74) is -0.304. The van der Waals surface area contributed by atoms with Crippen LogP contribution in [0.5, 0.6) is 0 Å². The Morgan fingerprint density at radius 3 is 2.27 bits per heavy atom. The van der Waals surface area contributed by atoms with Crippen molar-refractivity contribution in [1.82, 2.24) is 4.90 Å². The van der Waals surface area contributed by atoms with Gasteiger partial charge in [0.1, 0.15) is 5.60 Å². The number of hydrogen-bond donors (Lipinski definition) is 0. The predicted molar refractivity (Wildman–Crippen MR) is 42.4 cm³/mol. The lowest BCUT2D eigenvalue weighted by atomic mass is 10.1. The quantitative estimate of drug-likeness (QED) is 0.579. The van der Waals surface area contributed by atoms with Crippen LogP contribution in [-0.2, 0) is 4.74 Å². The first-order valence-electron chi connectivity index (χ1n) is 3.92. The van der Waals surface area contributed by atoms with E-state index in [1.54, 1.807) is 4.90 Å². The number of hydrogen-bond acceptors (Lipinski definition) is 2. The molecule has 1 fully saturated rings. The molecule has 3 nitrogen and oxygen atoms in total. The highest BCUT2D eigenvalue weighted by molar-refractivity contribution is 5.70. The Morgan fingerprint density at radius 2 is 2.09 bits per heavy atom. The molecule has 1 aliphatic heterocycles. The van der Waals surface area contributed by atoms with Crippen LogP contribution >= 0.6 is 0 Å². The van der Waals surface area contributed by atoms with Crippen molar-refractivity contribution in [2.24, 2.45) is 0 Å². The van der Waals surface area contributed by atoms with Crippen LogP contribution < -0.4 is 0 Å². The van der Waals surface area contributed by atoms with E-state index in [2.05, 4.69) is 0 Å². The molecule has 64 valence electrons. The first kappa shape index (κ1) is 8.37. The fraction of sp³-hybridized carbons (Fsp3) is 0.875. The van der Waals surface area contributed by atoms with Gasteiger partial charge in [-0.1, -0.05) is 0 Å². The fourth-order valence-corrected chi connectivity index (χ4v) is 1.20. The summed E-state index contributed by atoms with van der Waals surface area (Å²) in [6, 6.07) is 0.240. The Hall–Kier alpha value is -0.730. The molecule has 0 aliphatic carbocycles. The Balaban J connectivity index is 2.67. The molecule has 0 atom stereocenters. The topological polar surface area (TPSA) is 29.5 Å². The predicted octanol–water partition coefficient (Wildman–Crippen LogP) is 1.63. The highest BCUT2D eigenvalue weighted by Crippen LogP contribution is 2.22. The number of amides is 1. The van der Waals surface area contributed by atoms with Gasteiger partial charge in [0.05, 0.1) is 6.54 Å². The second-order valence-corrected chi connectivity index (χ2v) is 3.85. The number of ether oxygens (including phenoxy) is 1. The first-order valence-corrected chi connectivity index (χ1v) is 3.92. The standard InChI is InChI=1S/C8H15NO2/c1-6(2)9-5-8(3,4)11-7(9)10/h6H,5H2,1-4H3. The molecule has 1 aliphatic rings. The summed E-state index contributed by atoms with van der Waals surface area (Å²) in [5, 5.41) is 0. The number of nitrogens with zero attached hydrogens (tertiary/aromatic N) is 1. The Morgan fingerprint density at radius 1 is 1.55 bits per heavy atom. The molecule has 0 spiro atoms. The highest BCUT2D eigenvalue weighted by atomic mass is 16.6. The smallest absolute Gasteiger partial charge is 0.410 e. The zero-order chi connectivity index (χ0) is 8.65. The minimum absolute atomic E-state index is 0.190. The van der Waals surface area contributed by atoms with Gasteiger partial charge in [0.15, 0.2) is 0 Å². The third-order valence-electron chi connectivity index (χ3n) is 1.77. The summed E-state index contributed by atoms with van der Waals surface area (Å²) < 4.78 is 5.11. The molecule has 0 unspecified atom stereocenters. The summed E-state index contributed by atoms with van der Waals surface area (Å²) in [4.78, 5) is 12.9. The van der Waals surface area contributed by atoms with E-state index in [1.165, 1.54) is 0 Å². The van der Waals surface area contributed by atoms with Crippen molar-refractivity contribution in [2.75, 3.05) is 6.54 Å².